The van der Waals surface area contributed by atoms with Gasteiger partial charge in [-0.3, -0.25) is 4.79 Å². The zero-order valence-electron chi connectivity index (χ0n) is 14.0. The molecule has 0 unspecified atom stereocenters. The maximum Gasteiger partial charge on any atom is 0.274 e. The Hall–Kier alpha value is -2.31. The first kappa shape index (κ1) is 18.0. The van der Waals surface area contributed by atoms with E-state index in [1.54, 1.807) is 30.5 Å². The van der Waals surface area contributed by atoms with Gasteiger partial charge in [-0.1, -0.05) is 11.6 Å². The van der Waals surface area contributed by atoms with Crippen molar-refractivity contribution in [3.05, 3.63) is 47.2 Å². The number of ether oxygens (including phenoxy) is 1. The van der Waals surface area contributed by atoms with E-state index in [9.17, 15) is 4.79 Å². The number of methoxy groups -OCH3 is 1. The fourth-order valence-electron chi connectivity index (χ4n) is 2.00. The third-order valence-corrected chi connectivity index (χ3v) is 3.59. The van der Waals surface area contributed by atoms with Crippen LogP contribution in [-0.2, 0) is 0 Å². The number of nitrogens with one attached hydrogen (secondary N) is 2. The first-order valence-electron chi connectivity index (χ1n) is 7.49. The summed E-state index contributed by atoms with van der Waals surface area (Å²) in [4.78, 5) is 18.5. The number of amides is 1. The van der Waals surface area contributed by atoms with E-state index >= 15 is 0 Å². The van der Waals surface area contributed by atoms with Crippen LogP contribution in [0.5, 0.6) is 5.75 Å². The molecule has 0 bridgehead atoms. The number of halogens is 1. The molecule has 1 aromatic heterocycles. The summed E-state index contributed by atoms with van der Waals surface area (Å²) in [6.07, 6.45) is 1.64. The lowest BCUT2D eigenvalue weighted by atomic mass is 10.2. The third kappa shape index (κ3) is 5.11. The van der Waals surface area contributed by atoms with Crippen LogP contribution in [-0.4, -0.2) is 50.1 Å². The minimum absolute atomic E-state index is 0.295. The van der Waals surface area contributed by atoms with Gasteiger partial charge >= 0.3 is 0 Å². The molecule has 1 aromatic carbocycles. The van der Waals surface area contributed by atoms with Gasteiger partial charge in [-0.05, 0) is 44.4 Å². The Balaban J connectivity index is 1.96. The molecule has 6 nitrogen and oxygen atoms in total. The lowest BCUT2D eigenvalue weighted by molar-refractivity contribution is 0.102. The summed E-state index contributed by atoms with van der Waals surface area (Å²) in [6, 6.07) is 8.56. The average Bonchev–Trinajstić information content (AvgIpc) is 2.55. The topological polar surface area (TPSA) is 66.5 Å². The van der Waals surface area contributed by atoms with E-state index in [2.05, 4.69) is 20.5 Å². The van der Waals surface area contributed by atoms with Crippen LogP contribution in [0, 0.1) is 0 Å². The second kappa shape index (κ2) is 8.52. The van der Waals surface area contributed by atoms with Crippen LogP contribution in [0.15, 0.2) is 36.5 Å². The van der Waals surface area contributed by atoms with Crippen LogP contribution in [0.3, 0.4) is 0 Å². The number of benzene rings is 1. The molecule has 0 saturated carbocycles. The molecule has 1 heterocycles. The quantitative estimate of drug-likeness (QED) is 0.805. The van der Waals surface area contributed by atoms with E-state index in [0.29, 0.717) is 22.2 Å². The molecular weight excluding hydrogens is 328 g/mol. The summed E-state index contributed by atoms with van der Waals surface area (Å²) in [7, 11) is 5.56. The number of anilines is 2. The fraction of sp³-hybridized carbons (Fsp3) is 0.294. The summed E-state index contributed by atoms with van der Waals surface area (Å²) in [5.74, 6) is 0.261. The van der Waals surface area contributed by atoms with Crippen LogP contribution < -0.4 is 15.4 Å². The summed E-state index contributed by atoms with van der Waals surface area (Å²) in [5.41, 5.74) is 1.79. The van der Waals surface area contributed by atoms with Crippen LogP contribution in [0.1, 0.15) is 10.5 Å². The lowest BCUT2D eigenvalue weighted by Crippen LogP contribution is -2.21. The monoisotopic (exact) mass is 348 g/mol. The second-order valence-electron chi connectivity index (χ2n) is 5.47. The van der Waals surface area contributed by atoms with Crippen molar-refractivity contribution < 1.29 is 9.53 Å². The number of likely N-dealkylation sites (N-methyl/N-ethyl adjacent to an activating group) is 1. The molecule has 0 fully saturated rings. The van der Waals surface area contributed by atoms with Crippen molar-refractivity contribution in [3.8, 4) is 5.75 Å². The van der Waals surface area contributed by atoms with Gasteiger partial charge in [0.1, 0.15) is 11.4 Å². The molecule has 2 aromatic rings. The van der Waals surface area contributed by atoms with E-state index in [-0.39, 0.29) is 5.91 Å². The van der Waals surface area contributed by atoms with E-state index in [4.69, 9.17) is 16.3 Å². The molecule has 0 spiro atoms. The minimum Gasteiger partial charge on any atom is -0.495 e. The number of pyridine rings is 1. The van der Waals surface area contributed by atoms with Gasteiger partial charge in [-0.25, -0.2) is 4.98 Å². The summed E-state index contributed by atoms with van der Waals surface area (Å²) in [6.45, 7) is 1.73. The highest BCUT2D eigenvalue weighted by Crippen LogP contribution is 2.27. The molecule has 24 heavy (non-hydrogen) atoms. The number of carbonyl (C=O) groups excluding carboxylic acids is 1. The Morgan fingerprint density at radius 2 is 2.00 bits per heavy atom. The number of carbonyl (C=O) groups is 1. The summed E-state index contributed by atoms with van der Waals surface area (Å²) < 4.78 is 5.08. The van der Waals surface area contributed by atoms with E-state index in [1.807, 2.05) is 20.2 Å². The molecule has 0 atom stereocenters. The number of hydrogen-bond donors (Lipinski definition) is 2. The zero-order chi connectivity index (χ0) is 17.5. The van der Waals surface area contributed by atoms with Crippen molar-refractivity contribution in [1.29, 1.82) is 0 Å². The predicted molar refractivity (Wildman–Crippen MR) is 97.2 cm³/mol. The van der Waals surface area contributed by atoms with E-state index in [0.717, 1.165) is 18.8 Å². The number of hydrogen-bond acceptors (Lipinski definition) is 5. The number of rotatable bonds is 7. The molecule has 7 heteroatoms. The molecule has 0 aliphatic rings. The molecular formula is C17H21ClN4O2. The molecule has 0 radical (unpaired) electrons. The van der Waals surface area contributed by atoms with Crippen LogP contribution in [0.25, 0.3) is 0 Å². The van der Waals surface area contributed by atoms with Gasteiger partial charge in [0.05, 0.1) is 24.0 Å². The summed E-state index contributed by atoms with van der Waals surface area (Å²) in [5, 5.41) is 6.44. The Kier molecular flexibility index (Phi) is 6.40. The van der Waals surface area contributed by atoms with Gasteiger partial charge in [0.25, 0.3) is 5.91 Å². The van der Waals surface area contributed by atoms with Gasteiger partial charge < -0.3 is 20.3 Å². The smallest absolute Gasteiger partial charge is 0.274 e. The molecule has 1 amide bonds. The first-order valence-corrected chi connectivity index (χ1v) is 7.87. The van der Waals surface area contributed by atoms with Gasteiger partial charge in [0, 0.05) is 18.8 Å². The van der Waals surface area contributed by atoms with Gasteiger partial charge in [0.15, 0.2) is 0 Å². The van der Waals surface area contributed by atoms with Gasteiger partial charge in [0.2, 0.25) is 0 Å². The summed E-state index contributed by atoms with van der Waals surface area (Å²) >= 11 is 6.05. The lowest BCUT2D eigenvalue weighted by Gasteiger charge is -2.11. The van der Waals surface area contributed by atoms with Crippen molar-refractivity contribution in [2.24, 2.45) is 0 Å². The van der Waals surface area contributed by atoms with Crippen LogP contribution in [0.4, 0.5) is 11.4 Å². The highest BCUT2D eigenvalue weighted by Gasteiger charge is 2.09. The first-order chi connectivity index (χ1) is 11.5. The van der Waals surface area contributed by atoms with Crippen molar-refractivity contribution in [1.82, 2.24) is 9.88 Å². The minimum atomic E-state index is -0.295. The average molecular weight is 349 g/mol. The van der Waals surface area contributed by atoms with Crippen molar-refractivity contribution in [2.45, 2.75) is 0 Å². The molecule has 0 aliphatic heterocycles. The van der Waals surface area contributed by atoms with Crippen molar-refractivity contribution >= 4 is 28.9 Å². The highest BCUT2D eigenvalue weighted by molar-refractivity contribution is 6.32. The molecule has 0 saturated heterocycles. The Morgan fingerprint density at radius 1 is 1.25 bits per heavy atom. The standard InChI is InChI=1S/C17H21ClN4O2/c1-22(2)9-8-19-13-4-6-15(20-11-13)17(23)21-12-5-7-16(24-3)14(18)10-12/h4-7,10-11,19H,8-9H2,1-3H3,(H,21,23). The Labute approximate surface area is 146 Å². The van der Waals surface area contributed by atoms with Crippen molar-refractivity contribution in [3.63, 3.8) is 0 Å². The molecule has 2 rings (SSSR count). The normalized spacial score (nSPS) is 10.5. The van der Waals surface area contributed by atoms with Crippen LogP contribution in [0.2, 0.25) is 5.02 Å². The maximum absolute atomic E-state index is 12.2. The van der Waals surface area contributed by atoms with Gasteiger partial charge in [-0.2, -0.15) is 0 Å². The van der Waals surface area contributed by atoms with Crippen LogP contribution >= 0.6 is 11.6 Å². The van der Waals surface area contributed by atoms with Crippen molar-refractivity contribution in [2.75, 3.05) is 44.9 Å². The Bertz CT molecular complexity index is 689. The van der Waals surface area contributed by atoms with Gasteiger partial charge in [-0.15, -0.1) is 0 Å². The largest absolute Gasteiger partial charge is 0.495 e. The molecule has 2 N–H and O–H groups in total. The number of aromatic nitrogens is 1. The zero-order valence-corrected chi connectivity index (χ0v) is 14.7. The SMILES string of the molecule is COc1ccc(NC(=O)c2ccc(NCCN(C)C)cn2)cc1Cl. The van der Waals surface area contributed by atoms with E-state index in [1.165, 1.54) is 7.11 Å². The van der Waals surface area contributed by atoms with E-state index < -0.39 is 0 Å². The maximum atomic E-state index is 12.2. The second-order valence-corrected chi connectivity index (χ2v) is 5.87. The molecule has 0 aliphatic carbocycles. The highest BCUT2D eigenvalue weighted by atomic mass is 35.5. The number of nitrogens with zero attached hydrogens (tertiary/aromatic N) is 2. The third-order valence-electron chi connectivity index (χ3n) is 3.29. The fourth-order valence-corrected chi connectivity index (χ4v) is 2.25. The predicted octanol–water partition coefficient (Wildman–Crippen LogP) is 2.97. The molecule has 128 valence electrons. The Morgan fingerprint density at radius 3 is 2.58 bits per heavy atom.